The van der Waals surface area contributed by atoms with Gasteiger partial charge < -0.3 is 0 Å². The van der Waals surface area contributed by atoms with Crippen molar-refractivity contribution in [3.8, 4) is 0 Å². The summed E-state index contributed by atoms with van der Waals surface area (Å²) in [6.45, 7) is 7.02. The highest BCUT2D eigenvalue weighted by Crippen LogP contribution is 2.39. The zero-order valence-electron chi connectivity index (χ0n) is 12.2. The second-order valence-corrected chi connectivity index (χ2v) is 7.04. The van der Waals surface area contributed by atoms with Gasteiger partial charge in [0.2, 0.25) is 0 Å². The Bertz CT molecular complexity index is 307. The molecule has 0 aliphatic heterocycles. The zero-order chi connectivity index (χ0) is 13.3. The predicted molar refractivity (Wildman–Crippen MR) is 84.4 cm³/mol. The fourth-order valence-electron chi connectivity index (χ4n) is 2.18. The van der Waals surface area contributed by atoms with Crippen LogP contribution in [0.5, 0.6) is 0 Å². The molecule has 1 aromatic rings. The van der Waals surface area contributed by atoms with Crippen molar-refractivity contribution in [1.29, 1.82) is 0 Å². The molecule has 0 nitrogen and oxygen atoms in total. The van der Waals surface area contributed by atoms with E-state index in [2.05, 4.69) is 62.9 Å². The molecule has 1 unspecified atom stereocenters. The van der Waals surface area contributed by atoms with E-state index in [4.69, 9.17) is 0 Å². The Morgan fingerprint density at radius 2 is 1.61 bits per heavy atom. The molecule has 102 valence electrons. The molecule has 0 aliphatic rings. The lowest BCUT2D eigenvalue weighted by Gasteiger charge is -2.27. The molecular formula is C17H28S. The number of benzene rings is 1. The Hall–Kier alpha value is -0.430. The summed E-state index contributed by atoms with van der Waals surface area (Å²) in [4.78, 5) is 1.41. The molecule has 0 bridgehead atoms. The summed E-state index contributed by atoms with van der Waals surface area (Å²) in [5.74, 6) is 0. The standard InChI is InChI=1S/C17H28S/c1-4-6-7-8-12-15-17(3,5-2)18-16-13-10-9-11-14-16/h9-11,13-14H,4-8,12,15H2,1-3H3. The Balaban J connectivity index is 2.37. The van der Waals surface area contributed by atoms with Crippen LogP contribution in [0, 0.1) is 0 Å². The molecule has 1 rings (SSSR count). The van der Waals surface area contributed by atoms with Crippen molar-refractivity contribution in [3.05, 3.63) is 30.3 Å². The van der Waals surface area contributed by atoms with E-state index in [-0.39, 0.29) is 0 Å². The van der Waals surface area contributed by atoms with Crippen molar-refractivity contribution in [2.45, 2.75) is 75.4 Å². The fourth-order valence-corrected chi connectivity index (χ4v) is 3.43. The van der Waals surface area contributed by atoms with E-state index in [1.807, 2.05) is 0 Å². The molecule has 1 aromatic carbocycles. The lowest BCUT2D eigenvalue weighted by molar-refractivity contribution is 0.512. The third-order valence-corrected chi connectivity index (χ3v) is 5.16. The van der Waals surface area contributed by atoms with Crippen molar-refractivity contribution in [2.24, 2.45) is 0 Å². The lowest BCUT2D eigenvalue weighted by atomic mass is 9.99. The molecule has 0 aliphatic carbocycles. The maximum atomic E-state index is 2.42. The summed E-state index contributed by atoms with van der Waals surface area (Å²) >= 11 is 2.05. The molecule has 0 saturated heterocycles. The second kappa shape index (κ2) is 8.63. The van der Waals surface area contributed by atoms with Crippen molar-refractivity contribution in [1.82, 2.24) is 0 Å². The highest BCUT2D eigenvalue weighted by molar-refractivity contribution is 8.00. The van der Waals surface area contributed by atoms with Crippen LogP contribution >= 0.6 is 11.8 Å². The highest BCUT2D eigenvalue weighted by atomic mass is 32.2. The van der Waals surface area contributed by atoms with Gasteiger partial charge in [-0.15, -0.1) is 11.8 Å². The molecule has 0 aromatic heterocycles. The van der Waals surface area contributed by atoms with Gasteiger partial charge in [-0.3, -0.25) is 0 Å². The first kappa shape index (κ1) is 15.6. The Labute approximate surface area is 118 Å². The molecule has 0 radical (unpaired) electrons. The minimum Gasteiger partial charge on any atom is -0.120 e. The Morgan fingerprint density at radius 3 is 2.22 bits per heavy atom. The summed E-state index contributed by atoms with van der Waals surface area (Å²) in [6, 6.07) is 10.8. The first-order valence-electron chi connectivity index (χ1n) is 7.44. The normalized spacial score (nSPS) is 14.4. The van der Waals surface area contributed by atoms with Crippen LogP contribution in [0.3, 0.4) is 0 Å². The molecule has 0 heterocycles. The molecule has 0 spiro atoms. The van der Waals surface area contributed by atoms with Crippen molar-refractivity contribution < 1.29 is 0 Å². The monoisotopic (exact) mass is 264 g/mol. The van der Waals surface area contributed by atoms with Crippen LogP contribution in [0.25, 0.3) is 0 Å². The molecule has 18 heavy (non-hydrogen) atoms. The van der Waals surface area contributed by atoms with Crippen LogP contribution in [0.4, 0.5) is 0 Å². The third-order valence-electron chi connectivity index (χ3n) is 3.66. The summed E-state index contributed by atoms with van der Waals surface area (Å²) in [7, 11) is 0. The van der Waals surface area contributed by atoms with Gasteiger partial charge in [0.05, 0.1) is 0 Å². The van der Waals surface area contributed by atoms with Crippen molar-refractivity contribution in [2.75, 3.05) is 0 Å². The van der Waals surface area contributed by atoms with Crippen LogP contribution in [0.15, 0.2) is 35.2 Å². The summed E-state index contributed by atoms with van der Waals surface area (Å²) in [5.41, 5.74) is 0. The number of hydrogen-bond donors (Lipinski definition) is 0. The van der Waals surface area contributed by atoms with Crippen LogP contribution in [0.1, 0.15) is 65.7 Å². The molecule has 0 N–H and O–H groups in total. The van der Waals surface area contributed by atoms with Crippen LogP contribution in [-0.2, 0) is 0 Å². The van der Waals surface area contributed by atoms with E-state index in [1.54, 1.807) is 0 Å². The van der Waals surface area contributed by atoms with Gasteiger partial charge in [0, 0.05) is 9.64 Å². The van der Waals surface area contributed by atoms with Gasteiger partial charge in [0.25, 0.3) is 0 Å². The van der Waals surface area contributed by atoms with Gasteiger partial charge in [-0.2, -0.15) is 0 Å². The molecule has 0 saturated carbocycles. The molecule has 1 heteroatoms. The van der Waals surface area contributed by atoms with Crippen LogP contribution in [0.2, 0.25) is 0 Å². The third kappa shape index (κ3) is 5.95. The summed E-state index contributed by atoms with van der Waals surface area (Å²) in [6.07, 6.45) is 9.51. The maximum Gasteiger partial charge on any atom is 0.0176 e. The van der Waals surface area contributed by atoms with E-state index in [0.717, 1.165) is 0 Å². The minimum atomic E-state index is 0.410. The number of rotatable bonds is 9. The van der Waals surface area contributed by atoms with Gasteiger partial charge >= 0.3 is 0 Å². The number of hydrogen-bond acceptors (Lipinski definition) is 1. The maximum absolute atomic E-state index is 2.42. The predicted octanol–water partition coefficient (Wildman–Crippen LogP) is 6.31. The van der Waals surface area contributed by atoms with Crippen LogP contribution < -0.4 is 0 Å². The topological polar surface area (TPSA) is 0 Å². The smallest absolute Gasteiger partial charge is 0.0176 e. The van der Waals surface area contributed by atoms with E-state index in [9.17, 15) is 0 Å². The SMILES string of the molecule is CCCCCCCC(C)(CC)Sc1ccccc1. The Kier molecular flexibility index (Phi) is 7.50. The first-order valence-corrected chi connectivity index (χ1v) is 8.26. The number of thioether (sulfide) groups is 1. The fraction of sp³-hybridized carbons (Fsp3) is 0.647. The summed E-state index contributed by atoms with van der Waals surface area (Å²) < 4.78 is 0.410. The average molecular weight is 264 g/mol. The minimum absolute atomic E-state index is 0.410. The van der Waals surface area contributed by atoms with E-state index in [0.29, 0.717) is 4.75 Å². The number of unbranched alkanes of at least 4 members (excludes halogenated alkanes) is 4. The van der Waals surface area contributed by atoms with Crippen LogP contribution in [-0.4, -0.2) is 4.75 Å². The quantitative estimate of drug-likeness (QED) is 0.372. The van der Waals surface area contributed by atoms with Gasteiger partial charge in [-0.1, -0.05) is 71.1 Å². The molecule has 1 atom stereocenters. The van der Waals surface area contributed by atoms with Gasteiger partial charge in [-0.25, -0.2) is 0 Å². The van der Waals surface area contributed by atoms with Gasteiger partial charge in [0.1, 0.15) is 0 Å². The highest BCUT2D eigenvalue weighted by Gasteiger charge is 2.22. The van der Waals surface area contributed by atoms with E-state index in [1.165, 1.54) is 49.8 Å². The van der Waals surface area contributed by atoms with E-state index < -0.39 is 0 Å². The first-order chi connectivity index (χ1) is 8.70. The second-order valence-electron chi connectivity index (χ2n) is 5.38. The molecule has 0 amide bonds. The summed E-state index contributed by atoms with van der Waals surface area (Å²) in [5, 5.41) is 0. The van der Waals surface area contributed by atoms with Crippen molar-refractivity contribution >= 4 is 11.8 Å². The van der Waals surface area contributed by atoms with Crippen molar-refractivity contribution in [3.63, 3.8) is 0 Å². The molecule has 0 fully saturated rings. The Morgan fingerprint density at radius 1 is 0.944 bits per heavy atom. The lowest BCUT2D eigenvalue weighted by Crippen LogP contribution is -2.18. The van der Waals surface area contributed by atoms with Gasteiger partial charge in [-0.05, 0) is 25.0 Å². The van der Waals surface area contributed by atoms with E-state index >= 15 is 0 Å². The molecular weight excluding hydrogens is 236 g/mol. The average Bonchev–Trinajstić information content (AvgIpc) is 2.40. The largest absolute Gasteiger partial charge is 0.120 e. The zero-order valence-corrected chi connectivity index (χ0v) is 13.1. The van der Waals surface area contributed by atoms with Gasteiger partial charge in [0.15, 0.2) is 0 Å².